The monoisotopic (exact) mass is 192 g/mol. The van der Waals surface area contributed by atoms with Gasteiger partial charge in [-0.2, -0.15) is 0 Å². The Morgan fingerprint density at radius 1 is 1.00 bits per heavy atom. The van der Waals surface area contributed by atoms with E-state index in [9.17, 15) is 13.2 Å². The van der Waals surface area contributed by atoms with E-state index < -0.39 is 12.6 Å². The maximum absolute atomic E-state index is 12.6. The van der Waals surface area contributed by atoms with Gasteiger partial charge in [0.25, 0.3) is 6.43 Å². The van der Waals surface area contributed by atoms with Crippen LogP contribution < -0.4 is 0 Å². The Morgan fingerprint density at radius 2 is 1.50 bits per heavy atom. The van der Waals surface area contributed by atoms with Crippen molar-refractivity contribution < 1.29 is 13.2 Å². The Labute approximate surface area is 73.8 Å². The molecule has 0 amide bonds. The highest BCUT2D eigenvalue weighted by Gasteiger charge is 2.20. The first-order chi connectivity index (χ1) is 5.61. The maximum atomic E-state index is 12.6. The van der Waals surface area contributed by atoms with Crippen molar-refractivity contribution in [2.24, 2.45) is 0 Å². The standard InChI is InChI=1S/C8H7F3S/c9-7(8(10)11)5-1-3-6(12)4-2-5/h1-4,7-8,12H. The highest BCUT2D eigenvalue weighted by atomic mass is 32.1. The third kappa shape index (κ3) is 2.17. The number of rotatable bonds is 2. The Morgan fingerprint density at radius 3 is 1.92 bits per heavy atom. The number of thiol groups is 1. The third-order valence-electron chi connectivity index (χ3n) is 1.43. The lowest BCUT2D eigenvalue weighted by molar-refractivity contribution is 0.0495. The van der Waals surface area contributed by atoms with Gasteiger partial charge >= 0.3 is 0 Å². The van der Waals surface area contributed by atoms with E-state index in [0.29, 0.717) is 4.90 Å². The zero-order valence-electron chi connectivity index (χ0n) is 6.05. The van der Waals surface area contributed by atoms with Crippen LogP contribution in [0.4, 0.5) is 13.2 Å². The number of alkyl halides is 3. The van der Waals surface area contributed by atoms with Crippen LogP contribution in [0.1, 0.15) is 11.7 Å². The molecule has 0 aromatic heterocycles. The lowest BCUT2D eigenvalue weighted by Gasteiger charge is -2.06. The molecule has 0 nitrogen and oxygen atoms in total. The molecule has 0 heterocycles. The molecule has 0 fully saturated rings. The summed E-state index contributed by atoms with van der Waals surface area (Å²) in [6.45, 7) is 0. The average molecular weight is 192 g/mol. The van der Waals surface area contributed by atoms with Gasteiger partial charge in [-0.3, -0.25) is 0 Å². The summed E-state index contributed by atoms with van der Waals surface area (Å²) >= 11 is 3.94. The summed E-state index contributed by atoms with van der Waals surface area (Å²) in [7, 11) is 0. The van der Waals surface area contributed by atoms with Crippen LogP contribution in [0.15, 0.2) is 29.2 Å². The van der Waals surface area contributed by atoms with Crippen LogP contribution in [0, 0.1) is 0 Å². The number of halogens is 3. The summed E-state index contributed by atoms with van der Waals surface area (Å²) in [5.74, 6) is 0. The molecular weight excluding hydrogens is 185 g/mol. The van der Waals surface area contributed by atoms with Gasteiger partial charge in [-0.25, -0.2) is 13.2 Å². The highest BCUT2D eigenvalue weighted by molar-refractivity contribution is 7.80. The third-order valence-corrected chi connectivity index (χ3v) is 1.73. The van der Waals surface area contributed by atoms with Crippen molar-refractivity contribution in [1.29, 1.82) is 0 Å². The van der Waals surface area contributed by atoms with E-state index in [1.54, 1.807) is 0 Å². The summed E-state index contributed by atoms with van der Waals surface area (Å²) < 4.78 is 36.3. The molecule has 66 valence electrons. The first-order valence-electron chi connectivity index (χ1n) is 3.32. The van der Waals surface area contributed by atoms with Crippen LogP contribution in [0.25, 0.3) is 0 Å². The molecule has 0 saturated heterocycles. The van der Waals surface area contributed by atoms with E-state index in [-0.39, 0.29) is 5.56 Å². The summed E-state index contributed by atoms with van der Waals surface area (Å²) in [4.78, 5) is 0.625. The van der Waals surface area contributed by atoms with Crippen molar-refractivity contribution in [1.82, 2.24) is 0 Å². The Kier molecular flexibility index (Phi) is 3.03. The average Bonchev–Trinajstić information content (AvgIpc) is 2.04. The molecule has 4 heteroatoms. The highest BCUT2D eigenvalue weighted by Crippen LogP contribution is 2.25. The fourth-order valence-corrected chi connectivity index (χ4v) is 0.953. The minimum atomic E-state index is -2.96. The zero-order chi connectivity index (χ0) is 9.14. The van der Waals surface area contributed by atoms with Crippen molar-refractivity contribution >= 4 is 12.6 Å². The van der Waals surface area contributed by atoms with Crippen molar-refractivity contribution in [3.05, 3.63) is 29.8 Å². The van der Waals surface area contributed by atoms with Gasteiger partial charge in [0.15, 0.2) is 6.17 Å². The molecule has 0 N–H and O–H groups in total. The second kappa shape index (κ2) is 3.85. The van der Waals surface area contributed by atoms with Crippen molar-refractivity contribution in [2.75, 3.05) is 0 Å². The normalized spacial score (nSPS) is 13.4. The van der Waals surface area contributed by atoms with E-state index in [1.165, 1.54) is 24.3 Å². The predicted molar refractivity (Wildman–Crippen MR) is 43.5 cm³/mol. The molecule has 1 rings (SSSR count). The quantitative estimate of drug-likeness (QED) is 0.683. The van der Waals surface area contributed by atoms with Crippen LogP contribution in [-0.4, -0.2) is 6.43 Å². The Bertz CT molecular complexity index is 245. The first kappa shape index (κ1) is 9.45. The van der Waals surface area contributed by atoms with Gasteiger partial charge in [0.2, 0.25) is 0 Å². The van der Waals surface area contributed by atoms with Gasteiger partial charge in [0.05, 0.1) is 0 Å². The summed E-state index contributed by atoms with van der Waals surface area (Å²) in [6, 6.07) is 5.57. The van der Waals surface area contributed by atoms with E-state index in [1.807, 2.05) is 0 Å². The van der Waals surface area contributed by atoms with Gasteiger partial charge in [0.1, 0.15) is 0 Å². The van der Waals surface area contributed by atoms with Gasteiger partial charge < -0.3 is 0 Å². The summed E-state index contributed by atoms with van der Waals surface area (Å²) in [5, 5.41) is 0. The summed E-state index contributed by atoms with van der Waals surface area (Å²) in [6.07, 6.45) is -5.16. The number of hydrogen-bond donors (Lipinski definition) is 1. The molecule has 1 aromatic carbocycles. The zero-order valence-corrected chi connectivity index (χ0v) is 6.94. The first-order valence-corrected chi connectivity index (χ1v) is 3.77. The molecule has 12 heavy (non-hydrogen) atoms. The fourth-order valence-electron chi connectivity index (χ4n) is 0.804. The SMILES string of the molecule is FC(F)C(F)c1ccc(S)cc1. The Balaban J connectivity index is 2.82. The van der Waals surface area contributed by atoms with Crippen LogP contribution in [0.3, 0.4) is 0 Å². The molecule has 1 unspecified atom stereocenters. The molecule has 0 saturated carbocycles. The van der Waals surface area contributed by atoms with E-state index in [0.717, 1.165) is 0 Å². The smallest absolute Gasteiger partial charge is 0.236 e. The lowest BCUT2D eigenvalue weighted by Crippen LogP contribution is -2.02. The predicted octanol–water partition coefficient (Wildman–Crippen LogP) is 3.25. The molecule has 0 bridgehead atoms. The molecule has 0 radical (unpaired) electrons. The number of hydrogen-bond acceptors (Lipinski definition) is 1. The lowest BCUT2D eigenvalue weighted by atomic mass is 10.1. The van der Waals surface area contributed by atoms with Gasteiger partial charge in [-0.05, 0) is 17.7 Å². The molecular formula is C8H7F3S. The Hall–Kier alpha value is -0.640. The second-order valence-electron chi connectivity index (χ2n) is 2.33. The maximum Gasteiger partial charge on any atom is 0.273 e. The van der Waals surface area contributed by atoms with Crippen molar-refractivity contribution in [3.63, 3.8) is 0 Å². The van der Waals surface area contributed by atoms with Crippen LogP contribution in [0.2, 0.25) is 0 Å². The second-order valence-corrected chi connectivity index (χ2v) is 2.84. The molecule has 1 aromatic rings. The summed E-state index contributed by atoms with van der Waals surface area (Å²) in [5.41, 5.74) is -0.0113. The largest absolute Gasteiger partial charge is 0.273 e. The van der Waals surface area contributed by atoms with E-state index in [2.05, 4.69) is 12.6 Å². The van der Waals surface area contributed by atoms with Crippen molar-refractivity contribution in [2.45, 2.75) is 17.5 Å². The molecule has 0 aliphatic carbocycles. The van der Waals surface area contributed by atoms with Crippen LogP contribution >= 0.6 is 12.6 Å². The van der Waals surface area contributed by atoms with Gasteiger partial charge in [-0.1, -0.05) is 12.1 Å². The van der Waals surface area contributed by atoms with Crippen molar-refractivity contribution in [3.8, 4) is 0 Å². The van der Waals surface area contributed by atoms with E-state index >= 15 is 0 Å². The van der Waals surface area contributed by atoms with Crippen LogP contribution in [-0.2, 0) is 0 Å². The molecule has 0 aliphatic rings. The fraction of sp³-hybridized carbons (Fsp3) is 0.250. The topological polar surface area (TPSA) is 0 Å². The van der Waals surface area contributed by atoms with Gasteiger partial charge in [-0.15, -0.1) is 12.6 Å². The molecule has 1 atom stereocenters. The van der Waals surface area contributed by atoms with Gasteiger partial charge in [0, 0.05) is 4.90 Å². The van der Waals surface area contributed by atoms with Crippen LogP contribution in [0.5, 0.6) is 0 Å². The number of benzene rings is 1. The molecule has 0 spiro atoms. The minimum Gasteiger partial charge on any atom is -0.236 e. The van der Waals surface area contributed by atoms with E-state index in [4.69, 9.17) is 0 Å². The molecule has 0 aliphatic heterocycles. The minimum absolute atomic E-state index is 0.0113.